The van der Waals surface area contributed by atoms with Gasteiger partial charge >= 0.3 is 11.0 Å². The highest BCUT2D eigenvalue weighted by Gasteiger charge is 2.22. The van der Waals surface area contributed by atoms with Gasteiger partial charge in [-0.25, -0.2) is 18.4 Å². The summed E-state index contributed by atoms with van der Waals surface area (Å²) in [4.78, 5) is 33.8. The Hall–Kier alpha value is -2.83. The lowest BCUT2D eigenvalue weighted by Gasteiger charge is -2.13. The predicted molar refractivity (Wildman–Crippen MR) is 92.3 cm³/mol. The zero-order valence-corrected chi connectivity index (χ0v) is 14.9. The summed E-state index contributed by atoms with van der Waals surface area (Å²) < 4.78 is 27.3. The minimum absolute atomic E-state index is 0.00569. The van der Waals surface area contributed by atoms with Crippen molar-refractivity contribution in [3.63, 3.8) is 0 Å². The Labute approximate surface area is 151 Å². The third kappa shape index (κ3) is 4.84. The maximum atomic E-state index is 12.0. The van der Waals surface area contributed by atoms with Crippen molar-refractivity contribution in [3.8, 4) is 0 Å². The minimum atomic E-state index is -3.84. The van der Waals surface area contributed by atoms with E-state index in [1.54, 1.807) is 0 Å². The molecular formula is C14H13N3O7S2. The van der Waals surface area contributed by atoms with Gasteiger partial charge in [0.2, 0.25) is 10.0 Å². The number of rotatable bonds is 6. The fourth-order valence-corrected chi connectivity index (χ4v) is 3.00. The fourth-order valence-electron chi connectivity index (χ4n) is 1.78. The van der Waals surface area contributed by atoms with Gasteiger partial charge in [-0.1, -0.05) is 11.3 Å². The first-order valence-corrected chi connectivity index (χ1v) is 9.33. The molecule has 2 aromatic rings. The van der Waals surface area contributed by atoms with Gasteiger partial charge < -0.3 is 10.1 Å². The van der Waals surface area contributed by atoms with Crippen LogP contribution in [0.1, 0.15) is 16.6 Å². The van der Waals surface area contributed by atoms with Gasteiger partial charge in [0.1, 0.15) is 4.88 Å². The van der Waals surface area contributed by atoms with E-state index in [1.807, 2.05) is 0 Å². The molecule has 1 heterocycles. The molecule has 0 saturated heterocycles. The Morgan fingerprint density at radius 3 is 2.35 bits per heavy atom. The van der Waals surface area contributed by atoms with Crippen LogP contribution in [0.15, 0.2) is 41.3 Å². The molecule has 3 N–H and O–H groups in total. The highest BCUT2D eigenvalue weighted by atomic mass is 32.2. The third-order valence-electron chi connectivity index (χ3n) is 3.08. The van der Waals surface area contributed by atoms with Crippen LogP contribution >= 0.6 is 11.3 Å². The normalized spacial score (nSPS) is 12.2. The van der Waals surface area contributed by atoms with Crippen LogP contribution < -0.4 is 10.5 Å². The van der Waals surface area contributed by atoms with Crippen molar-refractivity contribution >= 4 is 43.9 Å². The number of carbonyl (C=O) groups is 2. The van der Waals surface area contributed by atoms with E-state index in [4.69, 9.17) is 9.88 Å². The molecule has 10 nitrogen and oxygen atoms in total. The molecule has 138 valence electrons. The molecule has 0 aliphatic heterocycles. The van der Waals surface area contributed by atoms with Crippen molar-refractivity contribution in [2.24, 2.45) is 5.14 Å². The Balaban J connectivity index is 1.98. The summed E-state index contributed by atoms with van der Waals surface area (Å²) in [6.07, 6.45) is -1.18. The molecular weight excluding hydrogens is 386 g/mol. The van der Waals surface area contributed by atoms with Crippen LogP contribution in [0.25, 0.3) is 0 Å². The first-order valence-electron chi connectivity index (χ1n) is 6.97. The zero-order valence-electron chi connectivity index (χ0n) is 13.2. The van der Waals surface area contributed by atoms with E-state index in [9.17, 15) is 28.1 Å². The fraction of sp³-hybridized carbons (Fsp3) is 0.143. The molecule has 0 radical (unpaired) electrons. The number of nitrogens with zero attached hydrogens (tertiary/aromatic N) is 1. The Morgan fingerprint density at radius 1 is 1.23 bits per heavy atom. The molecule has 1 aromatic heterocycles. The lowest BCUT2D eigenvalue weighted by atomic mass is 10.3. The van der Waals surface area contributed by atoms with Crippen LogP contribution in [-0.2, 0) is 19.6 Å². The smallest absolute Gasteiger partial charge is 0.349 e. The lowest BCUT2D eigenvalue weighted by Crippen LogP contribution is -2.29. The van der Waals surface area contributed by atoms with Crippen LogP contribution in [0.5, 0.6) is 0 Å². The molecule has 12 heteroatoms. The van der Waals surface area contributed by atoms with E-state index in [0.717, 1.165) is 0 Å². The number of hydrogen-bond donors (Lipinski definition) is 2. The van der Waals surface area contributed by atoms with Crippen LogP contribution in [-0.4, -0.2) is 31.3 Å². The number of ether oxygens (including phenoxy) is 1. The zero-order chi connectivity index (χ0) is 19.5. The van der Waals surface area contributed by atoms with Gasteiger partial charge in [-0.3, -0.25) is 14.9 Å². The quantitative estimate of drug-likeness (QED) is 0.423. The highest BCUT2D eigenvalue weighted by Crippen LogP contribution is 2.24. The number of nitrogens with two attached hydrogens (primary N) is 1. The molecule has 1 aromatic carbocycles. The second kappa shape index (κ2) is 7.59. The minimum Gasteiger partial charge on any atom is -0.448 e. The largest absolute Gasteiger partial charge is 0.448 e. The van der Waals surface area contributed by atoms with Gasteiger partial charge in [0.05, 0.1) is 9.82 Å². The Kier molecular flexibility index (Phi) is 5.69. The molecule has 1 unspecified atom stereocenters. The van der Waals surface area contributed by atoms with Crippen molar-refractivity contribution < 1.29 is 27.7 Å². The number of hydrogen-bond acceptors (Lipinski definition) is 8. The molecule has 0 aliphatic carbocycles. The van der Waals surface area contributed by atoms with E-state index < -0.39 is 32.9 Å². The summed E-state index contributed by atoms with van der Waals surface area (Å²) in [5.74, 6) is -1.52. The Morgan fingerprint density at radius 2 is 1.85 bits per heavy atom. The highest BCUT2D eigenvalue weighted by molar-refractivity contribution is 7.89. The van der Waals surface area contributed by atoms with E-state index >= 15 is 0 Å². The molecule has 1 amide bonds. The van der Waals surface area contributed by atoms with Gasteiger partial charge in [-0.15, -0.1) is 0 Å². The number of esters is 1. The van der Waals surface area contributed by atoms with Gasteiger partial charge in [0.15, 0.2) is 6.10 Å². The van der Waals surface area contributed by atoms with E-state index in [0.29, 0.717) is 11.3 Å². The molecule has 26 heavy (non-hydrogen) atoms. The summed E-state index contributed by atoms with van der Waals surface area (Å²) in [5, 5.41) is 17.8. The van der Waals surface area contributed by atoms with Crippen LogP contribution in [0, 0.1) is 10.1 Å². The average molecular weight is 399 g/mol. The van der Waals surface area contributed by atoms with Crippen LogP contribution in [0.2, 0.25) is 0 Å². The topological polar surface area (TPSA) is 159 Å². The number of nitrogens with one attached hydrogen (secondary N) is 1. The average Bonchev–Trinajstić information content (AvgIpc) is 3.04. The SMILES string of the molecule is CC(OC(=O)c1ccc([N+](=O)[O-])s1)C(=O)Nc1ccc(S(N)(=O)=O)cc1. The van der Waals surface area contributed by atoms with Gasteiger partial charge in [0, 0.05) is 11.8 Å². The number of nitro groups is 1. The van der Waals surface area contributed by atoms with Crippen molar-refractivity contribution in [2.75, 3.05) is 5.32 Å². The van der Waals surface area contributed by atoms with Gasteiger partial charge in [-0.2, -0.15) is 0 Å². The number of benzene rings is 1. The molecule has 0 aliphatic rings. The summed E-state index contributed by atoms with van der Waals surface area (Å²) in [6, 6.07) is 7.49. The lowest BCUT2D eigenvalue weighted by molar-refractivity contribution is -0.380. The molecule has 0 bridgehead atoms. The van der Waals surface area contributed by atoms with Crippen molar-refractivity contribution in [1.29, 1.82) is 0 Å². The summed E-state index contributed by atoms with van der Waals surface area (Å²) in [6.45, 7) is 1.33. The Bertz CT molecular complexity index is 951. The maximum Gasteiger partial charge on any atom is 0.349 e. The molecule has 0 spiro atoms. The van der Waals surface area contributed by atoms with Crippen LogP contribution in [0.4, 0.5) is 10.7 Å². The van der Waals surface area contributed by atoms with Gasteiger partial charge in [0.25, 0.3) is 5.91 Å². The molecule has 0 fully saturated rings. The third-order valence-corrected chi connectivity index (χ3v) is 5.02. The van der Waals surface area contributed by atoms with Crippen molar-refractivity contribution in [1.82, 2.24) is 0 Å². The second-order valence-electron chi connectivity index (χ2n) is 5.00. The van der Waals surface area contributed by atoms with E-state index in [-0.39, 0.29) is 20.5 Å². The van der Waals surface area contributed by atoms with Crippen molar-refractivity contribution in [3.05, 3.63) is 51.4 Å². The number of carbonyl (C=O) groups excluding carboxylic acids is 2. The summed E-state index contributed by atoms with van der Waals surface area (Å²) in [7, 11) is -3.84. The van der Waals surface area contributed by atoms with Crippen LogP contribution in [0.3, 0.4) is 0 Å². The number of amides is 1. The molecule has 1 atom stereocenters. The second-order valence-corrected chi connectivity index (χ2v) is 7.62. The number of primary sulfonamides is 1. The summed E-state index contributed by atoms with van der Waals surface area (Å²) in [5.41, 5.74) is 0.275. The van der Waals surface area contributed by atoms with Gasteiger partial charge in [-0.05, 0) is 37.3 Å². The first kappa shape index (κ1) is 19.5. The predicted octanol–water partition coefficient (Wildman–Crippen LogP) is 1.49. The number of sulfonamides is 1. The standard InChI is InChI=1S/C14H13N3O7S2/c1-8(24-14(19)11-6-7-12(25-11)17(20)21)13(18)16-9-2-4-10(5-3-9)26(15,22)23/h2-8H,1H3,(H,16,18)(H2,15,22,23). The molecule has 2 rings (SSSR count). The maximum absolute atomic E-state index is 12.0. The van der Waals surface area contributed by atoms with E-state index in [2.05, 4.69) is 5.32 Å². The monoisotopic (exact) mass is 399 g/mol. The summed E-state index contributed by atoms with van der Waals surface area (Å²) >= 11 is 0.637. The van der Waals surface area contributed by atoms with E-state index in [1.165, 1.54) is 43.3 Å². The number of thiophene rings is 1. The first-order chi connectivity index (χ1) is 12.1. The number of anilines is 1. The van der Waals surface area contributed by atoms with Crippen molar-refractivity contribution in [2.45, 2.75) is 17.9 Å². The molecule has 0 saturated carbocycles.